The van der Waals surface area contributed by atoms with Crippen molar-refractivity contribution in [1.82, 2.24) is 9.88 Å². The molecule has 1 amide bonds. The van der Waals surface area contributed by atoms with E-state index < -0.39 is 9.84 Å². The summed E-state index contributed by atoms with van der Waals surface area (Å²) in [6.45, 7) is 0.430. The number of aromatic nitrogens is 1. The van der Waals surface area contributed by atoms with Gasteiger partial charge in [-0.15, -0.1) is 0 Å². The topological polar surface area (TPSA) is 92.5 Å². The van der Waals surface area contributed by atoms with E-state index in [4.69, 9.17) is 27.6 Å². The first kappa shape index (κ1) is 20.7. The van der Waals surface area contributed by atoms with Crippen LogP contribution in [0.3, 0.4) is 0 Å². The van der Waals surface area contributed by atoms with Crippen LogP contribution in [0.1, 0.15) is 10.4 Å². The largest absolute Gasteiger partial charge is 0.420 e. The van der Waals surface area contributed by atoms with Gasteiger partial charge in [0, 0.05) is 24.3 Å². The van der Waals surface area contributed by atoms with E-state index in [1.165, 1.54) is 6.20 Å². The number of amides is 1. The van der Waals surface area contributed by atoms with Gasteiger partial charge in [0.05, 0.1) is 33.3 Å². The van der Waals surface area contributed by atoms with E-state index in [2.05, 4.69) is 10.3 Å². The molecular weight excluding hydrogens is 449 g/mol. The van der Waals surface area contributed by atoms with Crippen molar-refractivity contribution in [3.63, 3.8) is 0 Å². The molecule has 0 bridgehead atoms. The van der Waals surface area contributed by atoms with Crippen molar-refractivity contribution in [1.29, 1.82) is 0 Å². The van der Waals surface area contributed by atoms with Crippen molar-refractivity contribution in [3.05, 3.63) is 64.3 Å². The molecule has 0 spiro atoms. The summed E-state index contributed by atoms with van der Waals surface area (Å²) < 4.78 is 28.8. The predicted octanol–water partition coefficient (Wildman–Crippen LogP) is 4.26. The zero-order valence-corrected chi connectivity index (χ0v) is 18.0. The summed E-state index contributed by atoms with van der Waals surface area (Å²) in [7, 11) is -3.03. The van der Waals surface area contributed by atoms with Crippen LogP contribution in [-0.4, -0.2) is 48.8 Å². The fourth-order valence-corrected chi connectivity index (χ4v) is 4.85. The Kier molecular flexibility index (Phi) is 5.73. The molecule has 1 N–H and O–H groups in total. The van der Waals surface area contributed by atoms with Crippen molar-refractivity contribution in [3.8, 4) is 11.5 Å². The summed E-state index contributed by atoms with van der Waals surface area (Å²) in [6.07, 6.45) is 1.52. The van der Waals surface area contributed by atoms with Crippen LogP contribution in [0, 0.1) is 0 Å². The zero-order valence-electron chi connectivity index (χ0n) is 15.6. The first-order valence-corrected chi connectivity index (χ1v) is 11.7. The Bertz CT molecular complexity index is 1160. The highest BCUT2D eigenvalue weighted by Gasteiger charge is 2.25. The third-order valence-electron chi connectivity index (χ3n) is 4.71. The third kappa shape index (κ3) is 4.45. The predicted molar refractivity (Wildman–Crippen MR) is 116 cm³/mol. The quantitative estimate of drug-likeness (QED) is 0.618. The fourth-order valence-electron chi connectivity index (χ4n) is 3.09. The highest BCUT2D eigenvalue weighted by Crippen LogP contribution is 2.35. The van der Waals surface area contributed by atoms with Gasteiger partial charge in [-0.25, -0.2) is 13.4 Å². The number of sulfone groups is 1. The molecular formula is C20H17Cl2N3O4S. The molecule has 1 fully saturated rings. The van der Waals surface area contributed by atoms with Gasteiger partial charge in [-0.1, -0.05) is 29.3 Å². The number of carbonyl (C=O) groups excluding carboxylic acids is 1. The van der Waals surface area contributed by atoms with E-state index in [1.807, 2.05) is 0 Å². The minimum absolute atomic E-state index is 0.00164. The molecule has 2 heterocycles. The minimum Gasteiger partial charge on any atom is -0.420 e. The second-order valence-electron chi connectivity index (χ2n) is 6.77. The second-order valence-corrected chi connectivity index (χ2v) is 9.89. The summed E-state index contributed by atoms with van der Waals surface area (Å²) in [5.74, 6) is 0.497. The Balaban J connectivity index is 1.44. The Labute approximate surface area is 183 Å². The number of halogens is 2. The van der Waals surface area contributed by atoms with Gasteiger partial charge in [0.25, 0.3) is 5.91 Å². The molecule has 3 aromatic rings. The lowest BCUT2D eigenvalue weighted by molar-refractivity contribution is 0.0770. The Hall–Kier alpha value is -2.55. The number of nitrogens with one attached hydrogen (secondary N) is 1. The highest BCUT2D eigenvalue weighted by molar-refractivity contribution is 7.91. The second kappa shape index (κ2) is 8.29. The number of hydrogen-bond donors (Lipinski definition) is 1. The van der Waals surface area contributed by atoms with Crippen LogP contribution in [0.2, 0.25) is 10.0 Å². The average molecular weight is 466 g/mol. The van der Waals surface area contributed by atoms with E-state index in [9.17, 15) is 13.2 Å². The first-order valence-electron chi connectivity index (χ1n) is 9.09. The van der Waals surface area contributed by atoms with Crippen LogP contribution in [0.4, 0.5) is 11.6 Å². The maximum absolute atomic E-state index is 12.6. The lowest BCUT2D eigenvalue weighted by Gasteiger charge is -2.26. The molecule has 0 aliphatic carbocycles. The molecule has 0 atom stereocenters. The van der Waals surface area contributed by atoms with E-state index in [-0.39, 0.29) is 30.5 Å². The van der Waals surface area contributed by atoms with E-state index >= 15 is 0 Å². The molecule has 0 unspecified atom stereocenters. The maximum atomic E-state index is 12.6. The summed E-state index contributed by atoms with van der Waals surface area (Å²) in [5, 5.41) is 3.94. The Morgan fingerprint density at radius 1 is 1.03 bits per heavy atom. The van der Waals surface area contributed by atoms with Gasteiger partial charge in [0.1, 0.15) is 0 Å². The average Bonchev–Trinajstić information content (AvgIpc) is 3.16. The summed E-state index contributed by atoms with van der Waals surface area (Å²) in [4.78, 5) is 18.3. The molecule has 1 saturated heterocycles. The van der Waals surface area contributed by atoms with Gasteiger partial charge in [-0.2, -0.15) is 0 Å². The monoisotopic (exact) mass is 465 g/mol. The van der Waals surface area contributed by atoms with Gasteiger partial charge < -0.3 is 14.6 Å². The lowest BCUT2D eigenvalue weighted by Crippen LogP contribution is -2.43. The number of anilines is 2. The van der Waals surface area contributed by atoms with E-state index in [0.717, 1.165) is 0 Å². The number of nitrogens with zero attached hydrogens (tertiary/aromatic N) is 2. The van der Waals surface area contributed by atoms with Crippen LogP contribution in [0.5, 0.6) is 0 Å². The van der Waals surface area contributed by atoms with E-state index in [1.54, 1.807) is 47.4 Å². The minimum atomic E-state index is -3.03. The number of rotatable bonds is 4. The van der Waals surface area contributed by atoms with Crippen LogP contribution in [-0.2, 0) is 9.84 Å². The summed E-state index contributed by atoms with van der Waals surface area (Å²) in [5.41, 5.74) is 1.69. The molecule has 30 heavy (non-hydrogen) atoms. The molecule has 10 heteroatoms. The standard InChI is InChI=1S/C20H17Cl2N3O4S/c21-15-2-1-3-16(22)18(15)19-23-12-17(29-19)24-14-6-4-13(5-7-14)20(26)25-8-10-30(27,28)11-9-25/h1-7,12,24H,8-11H2. The Morgan fingerprint density at radius 2 is 1.67 bits per heavy atom. The van der Waals surface area contributed by atoms with Gasteiger partial charge >= 0.3 is 0 Å². The van der Waals surface area contributed by atoms with Crippen LogP contribution in [0.15, 0.2) is 53.1 Å². The van der Waals surface area contributed by atoms with Crippen LogP contribution in [0.25, 0.3) is 11.5 Å². The SMILES string of the molecule is O=C(c1ccc(Nc2cnc(-c3c(Cl)cccc3Cl)o2)cc1)N1CCS(=O)(=O)CC1. The number of carbonyl (C=O) groups is 1. The van der Waals surface area contributed by atoms with Gasteiger partial charge in [0.15, 0.2) is 9.84 Å². The van der Waals surface area contributed by atoms with Crippen molar-refractivity contribution in [2.24, 2.45) is 0 Å². The molecule has 0 saturated carbocycles. The number of oxazole rings is 1. The molecule has 1 aromatic heterocycles. The lowest BCUT2D eigenvalue weighted by atomic mass is 10.2. The normalized spacial score (nSPS) is 15.7. The maximum Gasteiger partial charge on any atom is 0.253 e. The van der Waals surface area contributed by atoms with Gasteiger partial charge in [-0.3, -0.25) is 4.79 Å². The zero-order chi connectivity index (χ0) is 21.3. The highest BCUT2D eigenvalue weighted by atomic mass is 35.5. The van der Waals surface area contributed by atoms with Crippen LogP contribution >= 0.6 is 23.2 Å². The van der Waals surface area contributed by atoms with Crippen molar-refractivity contribution < 1.29 is 17.6 Å². The first-order chi connectivity index (χ1) is 14.3. The smallest absolute Gasteiger partial charge is 0.253 e. The Morgan fingerprint density at radius 3 is 2.30 bits per heavy atom. The van der Waals surface area contributed by atoms with Crippen molar-refractivity contribution >= 4 is 50.5 Å². The summed E-state index contributed by atoms with van der Waals surface area (Å²) >= 11 is 12.4. The molecule has 1 aliphatic heterocycles. The summed E-state index contributed by atoms with van der Waals surface area (Å²) in [6, 6.07) is 12.0. The van der Waals surface area contributed by atoms with Crippen molar-refractivity contribution in [2.75, 3.05) is 29.9 Å². The number of hydrogen-bond acceptors (Lipinski definition) is 6. The van der Waals surface area contributed by atoms with Gasteiger partial charge in [-0.05, 0) is 36.4 Å². The molecule has 0 radical (unpaired) electrons. The third-order valence-corrected chi connectivity index (χ3v) is 6.95. The number of benzene rings is 2. The molecule has 2 aromatic carbocycles. The fraction of sp³-hybridized carbons (Fsp3) is 0.200. The molecule has 156 valence electrons. The molecule has 4 rings (SSSR count). The van der Waals surface area contributed by atoms with Gasteiger partial charge in [0.2, 0.25) is 11.8 Å². The van der Waals surface area contributed by atoms with Crippen molar-refractivity contribution in [2.45, 2.75) is 0 Å². The molecule has 7 nitrogen and oxygen atoms in total. The van der Waals surface area contributed by atoms with E-state index in [0.29, 0.717) is 38.6 Å². The van der Waals surface area contributed by atoms with Crippen LogP contribution < -0.4 is 5.32 Å². The molecule has 1 aliphatic rings.